The van der Waals surface area contributed by atoms with Crippen molar-refractivity contribution in [1.29, 1.82) is 0 Å². The highest BCUT2D eigenvalue weighted by Crippen LogP contribution is 2.34. The summed E-state index contributed by atoms with van der Waals surface area (Å²) >= 11 is 12.1. The minimum Gasteiger partial charge on any atom is -0.371 e. The number of nitrogens with zero attached hydrogens (tertiary/aromatic N) is 3. The third kappa shape index (κ3) is 2.25. The molecule has 17 heavy (non-hydrogen) atoms. The topological polar surface area (TPSA) is 76.7 Å². The van der Waals surface area contributed by atoms with Crippen LogP contribution in [0.25, 0.3) is 11.3 Å². The van der Waals surface area contributed by atoms with E-state index in [0.29, 0.717) is 27.1 Å². The van der Waals surface area contributed by atoms with E-state index in [1.807, 2.05) is 0 Å². The molecule has 0 spiro atoms. The van der Waals surface area contributed by atoms with Crippen LogP contribution in [0.4, 0.5) is 11.8 Å². The van der Waals surface area contributed by atoms with Gasteiger partial charge < -0.3 is 11.1 Å². The maximum atomic E-state index is 6.11. The number of nitrogens with two attached hydrogens (primary N) is 1. The van der Waals surface area contributed by atoms with Gasteiger partial charge in [-0.1, -0.05) is 35.3 Å². The van der Waals surface area contributed by atoms with E-state index in [1.54, 1.807) is 25.2 Å². The first-order chi connectivity index (χ1) is 8.13. The Morgan fingerprint density at radius 1 is 1.24 bits per heavy atom. The summed E-state index contributed by atoms with van der Waals surface area (Å²) in [7, 11) is 1.71. The van der Waals surface area contributed by atoms with Crippen molar-refractivity contribution < 1.29 is 0 Å². The van der Waals surface area contributed by atoms with Gasteiger partial charge in [-0.05, 0) is 6.07 Å². The Labute approximate surface area is 108 Å². The maximum absolute atomic E-state index is 6.11. The van der Waals surface area contributed by atoms with Crippen LogP contribution < -0.4 is 11.1 Å². The average molecular weight is 270 g/mol. The number of halogens is 2. The average Bonchev–Trinajstić information content (AvgIpc) is 2.33. The zero-order valence-electron chi connectivity index (χ0n) is 8.91. The van der Waals surface area contributed by atoms with Crippen molar-refractivity contribution in [2.24, 2.45) is 0 Å². The first-order valence-corrected chi connectivity index (χ1v) is 5.51. The molecule has 0 amide bonds. The van der Waals surface area contributed by atoms with E-state index < -0.39 is 0 Å². The number of benzene rings is 1. The van der Waals surface area contributed by atoms with Crippen LogP contribution in [0.15, 0.2) is 18.2 Å². The lowest BCUT2D eigenvalue weighted by atomic mass is 10.1. The van der Waals surface area contributed by atoms with Crippen molar-refractivity contribution in [3.05, 3.63) is 28.2 Å². The molecule has 2 rings (SSSR count). The van der Waals surface area contributed by atoms with Crippen molar-refractivity contribution in [3.63, 3.8) is 0 Å². The third-order valence-corrected chi connectivity index (χ3v) is 2.97. The molecule has 0 saturated heterocycles. The second kappa shape index (κ2) is 4.73. The normalized spacial score (nSPS) is 10.3. The lowest BCUT2D eigenvalue weighted by Crippen LogP contribution is -2.05. The van der Waals surface area contributed by atoms with Crippen molar-refractivity contribution in [2.75, 3.05) is 18.1 Å². The molecule has 0 aliphatic heterocycles. The molecule has 3 N–H and O–H groups in total. The number of rotatable bonds is 2. The molecule has 88 valence electrons. The monoisotopic (exact) mass is 269 g/mol. The van der Waals surface area contributed by atoms with Gasteiger partial charge in [0.2, 0.25) is 5.95 Å². The van der Waals surface area contributed by atoms with Gasteiger partial charge >= 0.3 is 0 Å². The number of nitrogens with one attached hydrogen (secondary N) is 1. The lowest BCUT2D eigenvalue weighted by Gasteiger charge is -2.08. The highest BCUT2D eigenvalue weighted by molar-refractivity contribution is 6.43. The zero-order valence-corrected chi connectivity index (χ0v) is 10.4. The Balaban J connectivity index is 2.64. The Bertz CT molecular complexity index is 558. The van der Waals surface area contributed by atoms with E-state index in [0.717, 1.165) is 0 Å². The molecular formula is C10H9Cl2N5. The van der Waals surface area contributed by atoms with Crippen LogP contribution in [0.1, 0.15) is 0 Å². The summed E-state index contributed by atoms with van der Waals surface area (Å²) in [6.07, 6.45) is 0. The van der Waals surface area contributed by atoms with Gasteiger partial charge in [0.15, 0.2) is 5.82 Å². The summed E-state index contributed by atoms with van der Waals surface area (Å²) < 4.78 is 0. The first-order valence-electron chi connectivity index (χ1n) is 4.76. The van der Waals surface area contributed by atoms with Crippen LogP contribution in [0.2, 0.25) is 10.0 Å². The fraction of sp³-hybridized carbons (Fsp3) is 0.100. The third-order valence-electron chi connectivity index (χ3n) is 2.15. The largest absolute Gasteiger partial charge is 0.371 e. The molecule has 0 radical (unpaired) electrons. The van der Waals surface area contributed by atoms with Crippen LogP contribution in [-0.2, 0) is 0 Å². The van der Waals surface area contributed by atoms with E-state index in [-0.39, 0.29) is 5.95 Å². The van der Waals surface area contributed by atoms with E-state index in [4.69, 9.17) is 28.9 Å². The molecule has 0 unspecified atom stereocenters. The number of anilines is 2. The van der Waals surface area contributed by atoms with E-state index in [1.165, 1.54) is 0 Å². The molecule has 1 aromatic carbocycles. The van der Waals surface area contributed by atoms with Crippen LogP contribution >= 0.6 is 23.2 Å². The van der Waals surface area contributed by atoms with Gasteiger partial charge in [0, 0.05) is 12.6 Å². The van der Waals surface area contributed by atoms with Crippen molar-refractivity contribution >= 4 is 35.0 Å². The molecule has 7 heteroatoms. The van der Waals surface area contributed by atoms with Crippen molar-refractivity contribution in [3.8, 4) is 11.3 Å². The standard InChI is InChI=1S/C10H9Cl2N5/c1-14-9-8(16-17-10(13)15-9)5-3-2-4-6(11)7(5)12/h2-4H,1H3,(H3,13,14,15,17). The van der Waals surface area contributed by atoms with Gasteiger partial charge in [-0.2, -0.15) is 4.98 Å². The SMILES string of the molecule is CNc1nc(N)nnc1-c1cccc(Cl)c1Cl. The van der Waals surface area contributed by atoms with Crippen LogP contribution in [0, 0.1) is 0 Å². The van der Waals surface area contributed by atoms with Crippen LogP contribution in [-0.4, -0.2) is 22.2 Å². The molecule has 0 bridgehead atoms. The summed E-state index contributed by atoms with van der Waals surface area (Å²) in [5, 5.41) is 11.4. The van der Waals surface area contributed by atoms with Gasteiger partial charge in [0.1, 0.15) is 5.69 Å². The Hall–Kier alpha value is -1.59. The highest BCUT2D eigenvalue weighted by Gasteiger charge is 2.14. The molecule has 2 aromatic rings. The molecule has 0 aliphatic carbocycles. The quantitative estimate of drug-likeness (QED) is 0.876. The molecule has 1 heterocycles. The van der Waals surface area contributed by atoms with E-state index in [9.17, 15) is 0 Å². The smallest absolute Gasteiger partial charge is 0.242 e. The summed E-state index contributed by atoms with van der Waals surface area (Å²) in [4.78, 5) is 4.03. The lowest BCUT2D eigenvalue weighted by molar-refractivity contribution is 0.994. The molecular weight excluding hydrogens is 261 g/mol. The maximum Gasteiger partial charge on any atom is 0.242 e. The summed E-state index contributed by atoms with van der Waals surface area (Å²) in [5.74, 6) is 0.595. The van der Waals surface area contributed by atoms with Gasteiger partial charge in [0.25, 0.3) is 0 Å². The molecule has 0 aliphatic rings. The minimum atomic E-state index is 0.0938. The van der Waals surface area contributed by atoms with Crippen LogP contribution in [0.5, 0.6) is 0 Å². The summed E-state index contributed by atoms with van der Waals surface area (Å²) in [6.45, 7) is 0. The fourth-order valence-electron chi connectivity index (χ4n) is 1.38. The van der Waals surface area contributed by atoms with Crippen molar-refractivity contribution in [2.45, 2.75) is 0 Å². The summed E-state index contributed by atoms with van der Waals surface area (Å²) in [6, 6.07) is 5.27. The molecule has 0 saturated carbocycles. The number of aromatic nitrogens is 3. The van der Waals surface area contributed by atoms with Gasteiger partial charge in [0.05, 0.1) is 10.0 Å². The van der Waals surface area contributed by atoms with E-state index >= 15 is 0 Å². The molecule has 0 atom stereocenters. The Morgan fingerprint density at radius 3 is 2.71 bits per heavy atom. The van der Waals surface area contributed by atoms with Gasteiger partial charge in [-0.3, -0.25) is 0 Å². The highest BCUT2D eigenvalue weighted by atomic mass is 35.5. The Morgan fingerprint density at radius 2 is 2.00 bits per heavy atom. The Kier molecular flexibility index (Phi) is 3.31. The number of hydrogen-bond acceptors (Lipinski definition) is 5. The molecule has 5 nitrogen and oxygen atoms in total. The summed E-state index contributed by atoms with van der Waals surface area (Å²) in [5.41, 5.74) is 6.63. The number of hydrogen-bond donors (Lipinski definition) is 2. The second-order valence-electron chi connectivity index (χ2n) is 3.22. The van der Waals surface area contributed by atoms with Crippen LogP contribution in [0.3, 0.4) is 0 Å². The molecule has 0 fully saturated rings. The second-order valence-corrected chi connectivity index (χ2v) is 4.00. The molecule has 1 aromatic heterocycles. The predicted molar refractivity (Wildman–Crippen MR) is 69.2 cm³/mol. The number of nitrogen functional groups attached to an aromatic ring is 1. The first kappa shape index (κ1) is 11.9. The van der Waals surface area contributed by atoms with Gasteiger partial charge in [-0.15, -0.1) is 10.2 Å². The minimum absolute atomic E-state index is 0.0938. The zero-order chi connectivity index (χ0) is 12.4. The fourth-order valence-corrected chi connectivity index (χ4v) is 1.77. The van der Waals surface area contributed by atoms with Gasteiger partial charge in [-0.25, -0.2) is 0 Å². The van der Waals surface area contributed by atoms with Crippen molar-refractivity contribution in [1.82, 2.24) is 15.2 Å². The van der Waals surface area contributed by atoms with E-state index in [2.05, 4.69) is 20.5 Å². The predicted octanol–water partition coefficient (Wildman–Crippen LogP) is 2.47.